The Balaban J connectivity index is 2.93. The van der Waals surface area contributed by atoms with Crippen molar-refractivity contribution in [3.63, 3.8) is 0 Å². The highest BCUT2D eigenvalue weighted by molar-refractivity contribution is 7.79. The van der Waals surface area contributed by atoms with Crippen molar-refractivity contribution >= 4 is 29.3 Å². The molecule has 0 saturated carbocycles. The van der Waals surface area contributed by atoms with Crippen LogP contribution in [0.25, 0.3) is 0 Å². The highest BCUT2D eigenvalue weighted by atomic mass is 32.1. The van der Waals surface area contributed by atoms with Gasteiger partial charge in [0.25, 0.3) is 0 Å². The van der Waals surface area contributed by atoms with E-state index in [1.165, 1.54) is 18.6 Å². The summed E-state index contributed by atoms with van der Waals surface area (Å²) in [6, 6.07) is 7.27. The summed E-state index contributed by atoms with van der Waals surface area (Å²) in [5.74, 6) is 0.730. The third-order valence-corrected chi connectivity index (χ3v) is 2.55. The predicted molar refractivity (Wildman–Crippen MR) is 80.1 cm³/mol. The number of nitrogens with one attached hydrogen (secondary N) is 1. The maximum absolute atomic E-state index is 11.3. The number of carbonyl (C=O) groups is 1. The summed E-state index contributed by atoms with van der Waals surface area (Å²) in [7, 11) is 1.53. The number of carbonyl (C=O) groups excluding carboxylic acids is 1. The van der Waals surface area contributed by atoms with E-state index in [1.54, 1.807) is 4.90 Å². The average Bonchev–Trinajstić information content (AvgIpc) is 2.41. The number of hydrogen-bond acceptors (Lipinski definition) is 4. The first-order valence-corrected chi connectivity index (χ1v) is 6.25. The Kier molecular flexibility index (Phi) is 5.81. The van der Waals surface area contributed by atoms with Crippen molar-refractivity contribution in [3.05, 3.63) is 36.2 Å². The molecule has 0 aliphatic rings. The molecule has 0 aliphatic carbocycles. The van der Waals surface area contributed by atoms with E-state index in [2.05, 4.69) is 5.32 Å². The molecule has 102 valence electrons. The molecule has 1 rings (SSSR count). The van der Waals surface area contributed by atoms with Gasteiger partial charge in [-0.25, -0.2) is 0 Å². The molecular weight excluding hydrogens is 262 g/mol. The van der Waals surface area contributed by atoms with Crippen LogP contribution in [-0.4, -0.2) is 25.1 Å². The Morgan fingerprint density at radius 2 is 2.11 bits per heavy atom. The SMILES string of the molecule is CCOc1ccc(N(C=S)/C(N)=C\C(=O)NC)cc1. The third-order valence-electron chi connectivity index (χ3n) is 2.33. The molecule has 0 heterocycles. The number of nitrogens with two attached hydrogens (primary N) is 1. The lowest BCUT2D eigenvalue weighted by molar-refractivity contribution is -0.116. The lowest BCUT2D eigenvalue weighted by atomic mass is 10.3. The van der Waals surface area contributed by atoms with E-state index >= 15 is 0 Å². The van der Waals surface area contributed by atoms with Crippen LogP contribution in [0, 0.1) is 0 Å². The molecule has 0 aliphatic heterocycles. The molecule has 0 unspecified atom stereocenters. The minimum absolute atomic E-state index is 0.249. The Hall–Kier alpha value is -2.08. The Bertz CT molecular complexity index is 471. The number of nitrogens with zero attached hydrogens (tertiary/aromatic N) is 1. The molecule has 1 aromatic rings. The van der Waals surface area contributed by atoms with Gasteiger partial charge in [0.15, 0.2) is 0 Å². The Morgan fingerprint density at radius 3 is 2.58 bits per heavy atom. The molecule has 0 radical (unpaired) electrons. The fourth-order valence-corrected chi connectivity index (χ4v) is 1.66. The van der Waals surface area contributed by atoms with Gasteiger partial charge in [0, 0.05) is 18.8 Å². The molecule has 0 saturated heterocycles. The van der Waals surface area contributed by atoms with Crippen LogP contribution in [0.2, 0.25) is 0 Å². The fourth-order valence-electron chi connectivity index (χ4n) is 1.42. The first kappa shape index (κ1) is 15.0. The van der Waals surface area contributed by atoms with Crippen LogP contribution in [-0.2, 0) is 4.79 Å². The van der Waals surface area contributed by atoms with Gasteiger partial charge in [-0.15, -0.1) is 0 Å². The first-order valence-electron chi connectivity index (χ1n) is 5.78. The number of anilines is 1. The molecule has 0 fully saturated rings. The average molecular weight is 279 g/mol. The summed E-state index contributed by atoms with van der Waals surface area (Å²) in [6.45, 7) is 2.52. The second-order valence-corrected chi connectivity index (χ2v) is 3.80. The maximum Gasteiger partial charge on any atom is 0.247 e. The number of hydrogen-bond donors (Lipinski definition) is 2. The number of rotatable bonds is 6. The molecule has 0 bridgehead atoms. The van der Waals surface area contributed by atoms with Crippen molar-refractivity contribution in [3.8, 4) is 5.75 Å². The van der Waals surface area contributed by atoms with E-state index in [0.29, 0.717) is 6.61 Å². The topological polar surface area (TPSA) is 67.6 Å². The van der Waals surface area contributed by atoms with Gasteiger partial charge in [-0.3, -0.25) is 9.69 Å². The summed E-state index contributed by atoms with van der Waals surface area (Å²) in [5, 5.41) is 2.46. The van der Waals surface area contributed by atoms with Gasteiger partial charge in [-0.1, -0.05) is 12.2 Å². The second kappa shape index (κ2) is 7.38. The second-order valence-electron chi connectivity index (χ2n) is 3.59. The van der Waals surface area contributed by atoms with Crippen LogP contribution in [0.3, 0.4) is 0 Å². The van der Waals surface area contributed by atoms with E-state index in [1.807, 2.05) is 31.2 Å². The van der Waals surface area contributed by atoms with Gasteiger partial charge in [0.1, 0.15) is 11.6 Å². The summed E-state index contributed by atoms with van der Waals surface area (Å²) in [5.41, 5.74) is 7.97. The number of thiocarbonyl (C=S) groups is 1. The minimum atomic E-state index is -0.287. The van der Waals surface area contributed by atoms with Crippen LogP contribution in [0.5, 0.6) is 5.75 Å². The lowest BCUT2D eigenvalue weighted by Gasteiger charge is -2.19. The predicted octanol–water partition coefficient (Wildman–Crippen LogP) is 1.39. The fraction of sp³-hybridized carbons (Fsp3) is 0.231. The zero-order valence-electron chi connectivity index (χ0n) is 10.9. The molecule has 1 amide bonds. The number of ether oxygens (including phenoxy) is 1. The molecular formula is C13H17N3O2S. The van der Waals surface area contributed by atoms with Gasteiger partial charge >= 0.3 is 0 Å². The van der Waals surface area contributed by atoms with Crippen LogP contribution in [0.15, 0.2) is 36.2 Å². The van der Waals surface area contributed by atoms with Crippen molar-refractivity contribution in [1.29, 1.82) is 0 Å². The van der Waals surface area contributed by atoms with Crippen molar-refractivity contribution < 1.29 is 9.53 Å². The highest BCUT2D eigenvalue weighted by Crippen LogP contribution is 2.20. The van der Waals surface area contributed by atoms with Gasteiger partial charge in [-0.2, -0.15) is 0 Å². The summed E-state index contributed by atoms with van der Waals surface area (Å²) in [6.07, 6.45) is 1.28. The van der Waals surface area contributed by atoms with Gasteiger partial charge in [-0.05, 0) is 31.2 Å². The molecule has 0 spiro atoms. The van der Waals surface area contributed by atoms with Crippen LogP contribution in [0.4, 0.5) is 5.69 Å². The molecule has 6 heteroatoms. The normalized spacial score (nSPS) is 10.7. The molecule has 1 aromatic carbocycles. The lowest BCUT2D eigenvalue weighted by Crippen LogP contribution is -2.28. The molecule has 3 N–H and O–H groups in total. The van der Waals surface area contributed by atoms with Crippen molar-refractivity contribution in [2.45, 2.75) is 6.92 Å². The van der Waals surface area contributed by atoms with E-state index < -0.39 is 0 Å². The first-order chi connectivity index (χ1) is 9.12. The maximum atomic E-state index is 11.3. The van der Waals surface area contributed by atoms with Crippen molar-refractivity contribution in [1.82, 2.24) is 5.32 Å². The van der Waals surface area contributed by atoms with E-state index in [9.17, 15) is 4.79 Å². The smallest absolute Gasteiger partial charge is 0.247 e. The van der Waals surface area contributed by atoms with Crippen molar-refractivity contribution in [2.24, 2.45) is 5.73 Å². The standard InChI is InChI=1S/C13H17N3O2S/c1-3-18-11-6-4-10(5-7-11)16(9-19)12(14)8-13(17)15-2/h4-9H,3,14H2,1-2H3,(H,15,17)/b12-8-. The molecule has 5 nitrogen and oxygen atoms in total. The van der Waals surface area contributed by atoms with Gasteiger partial charge in [0.05, 0.1) is 12.1 Å². The monoisotopic (exact) mass is 279 g/mol. The van der Waals surface area contributed by atoms with Crippen LogP contribution < -0.4 is 20.7 Å². The van der Waals surface area contributed by atoms with E-state index in [4.69, 9.17) is 22.7 Å². The summed E-state index contributed by atoms with van der Waals surface area (Å²) in [4.78, 5) is 12.8. The van der Waals surface area contributed by atoms with Gasteiger partial charge in [0.2, 0.25) is 5.91 Å². The van der Waals surface area contributed by atoms with E-state index in [0.717, 1.165) is 11.4 Å². The number of amides is 1. The van der Waals surface area contributed by atoms with Gasteiger partial charge < -0.3 is 15.8 Å². The van der Waals surface area contributed by atoms with Crippen molar-refractivity contribution in [2.75, 3.05) is 18.6 Å². The summed E-state index contributed by atoms with van der Waals surface area (Å²) < 4.78 is 5.35. The zero-order valence-corrected chi connectivity index (χ0v) is 11.7. The van der Waals surface area contributed by atoms with E-state index in [-0.39, 0.29) is 11.7 Å². The van der Waals surface area contributed by atoms with Crippen LogP contribution >= 0.6 is 12.2 Å². The number of benzene rings is 1. The highest BCUT2D eigenvalue weighted by Gasteiger charge is 2.08. The summed E-state index contributed by atoms with van der Waals surface area (Å²) >= 11 is 4.92. The zero-order chi connectivity index (χ0) is 14.3. The van der Waals surface area contributed by atoms with Crippen LogP contribution in [0.1, 0.15) is 6.92 Å². The molecule has 0 aromatic heterocycles. The largest absolute Gasteiger partial charge is 0.494 e. The minimum Gasteiger partial charge on any atom is -0.494 e. The third kappa shape index (κ3) is 4.26. The molecule has 0 atom stereocenters. The Morgan fingerprint density at radius 1 is 1.47 bits per heavy atom. The molecule has 19 heavy (non-hydrogen) atoms. The quantitative estimate of drug-likeness (QED) is 0.608. The number of likely N-dealkylation sites (N-methyl/N-ethyl adjacent to an activating group) is 1. The Labute approximate surface area is 118 Å².